The number of aliphatic carboxylic acids is 2. The molecule has 1 aliphatic heterocycles. The largest absolute Gasteiger partial charge is 0.481 e. The van der Waals surface area contributed by atoms with Crippen molar-refractivity contribution in [2.24, 2.45) is 17.2 Å². The van der Waals surface area contributed by atoms with Crippen LogP contribution in [0.3, 0.4) is 0 Å². The number of rotatable bonds is 27. The van der Waals surface area contributed by atoms with E-state index in [0.29, 0.717) is 12.2 Å². The van der Waals surface area contributed by atoms with Gasteiger partial charge in [0.2, 0.25) is 47.3 Å². The van der Waals surface area contributed by atoms with Gasteiger partial charge in [0.15, 0.2) is 5.96 Å². The van der Waals surface area contributed by atoms with Crippen LogP contribution in [0.4, 0.5) is 0 Å². The summed E-state index contributed by atoms with van der Waals surface area (Å²) in [5.41, 5.74) is 16.1. The second kappa shape index (κ2) is 26.3. The third kappa shape index (κ3) is 19.0. The molecule has 59 heavy (non-hydrogen) atoms. The van der Waals surface area contributed by atoms with E-state index in [9.17, 15) is 53.1 Å². The van der Waals surface area contributed by atoms with Crippen molar-refractivity contribution in [2.45, 2.75) is 101 Å². The predicted octanol–water partition coefficient (Wildman–Crippen LogP) is -6.30. The number of guanidine groups is 1. The van der Waals surface area contributed by atoms with Crippen LogP contribution in [0.5, 0.6) is 0 Å². The summed E-state index contributed by atoms with van der Waals surface area (Å²) >= 11 is 1.38. The number of nitrogens with zero attached hydrogens (tertiary/aromatic N) is 1. The highest BCUT2D eigenvalue weighted by Crippen LogP contribution is 2.20. The minimum absolute atomic E-state index is 0.000158. The molecule has 1 aliphatic rings. The summed E-state index contributed by atoms with van der Waals surface area (Å²) < 4.78 is 0. The summed E-state index contributed by atoms with van der Waals surface area (Å²) in [7, 11) is 0. The van der Waals surface area contributed by atoms with Crippen LogP contribution in [0, 0.1) is 5.41 Å². The molecule has 0 saturated carbocycles. The number of carboxylic acid groups (broad SMARTS) is 2. The molecule has 0 bridgehead atoms. The summed E-state index contributed by atoms with van der Waals surface area (Å²) in [6.07, 6.45) is 0.899. The first-order valence-electron chi connectivity index (χ1n) is 18.5. The molecule has 332 valence electrons. The topological polar surface area (TPSA) is 421 Å². The number of thioether (sulfide) groups is 1. The molecular formula is C33H56N12O13S. The highest BCUT2D eigenvalue weighted by atomic mass is 32.2. The third-order valence-corrected chi connectivity index (χ3v) is 9.36. The highest BCUT2D eigenvalue weighted by Gasteiger charge is 2.40. The van der Waals surface area contributed by atoms with E-state index in [1.165, 1.54) is 18.7 Å². The molecule has 8 amide bonds. The molecule has 0 aliphatic carbocycles. The number of aliphatic hydroxyl groups excluding tert-OH is 1. The lowest BCUT2D eigenvalue weighted by molar-refractivity contribution is -0.143. The number of likely N-dealkylation sites (tertiary alicyclic amines) is 1. The van der Waals surface area contributed by atoms with E-state index in [0.717, 1.165) is 4.90 Å². The number of carbonyl (C=O) groups excluding carboxylic acids is 8. The normalized spacial score (nSPS) is 16.4. The fourth-order valence-corrected chi connectivity index (χ4v) is 6.03. The van der Waals surface area contributed by atoms with Crippen molar-refractivity contribution >= 4 is 76.9 Å². The van der Waals surface area contributed by atoms with Crippen LogP contribution in [-0.4, -0.2) is 166 Å². The second-order valence-corrected chi connectivity index (χ2v) is 14.4. The van der Waals surface area contributed by atoms with Crippen molar-refractivity contribution < 1.29 is 63.3 Å². The molecule has 0 aromatic rings. The number of aliphatic hydroxyl groups is 1. The Kier molecular flexibility index (Phi) is 22.8. The molecule has 1 fully saturated rings. The van der Waals surface area contributed by atoms with E-state index in [4.69, 9.17) is 32.8 Å². The van der Waals surface area contributed by atoms with Crippen molar-refractivity contribution in [1.82, 2.24) is 42.1 Å². The van der Waals surface area contributed by atoms with E-state index >= 15 is 0 Å². The zero-order chi connectivity index (χ0) is 44.8. The SMILES string of the molecule is CSCC[C@H](NC(=O)CNC(=O)[C@H](CCCNC(=N)N)NC(=O)[C@@H]1CCCN1C(=O)[C@H](CCC(N)=O)NC(=O)[C@H](CO)NC(=O)[C@@H](N)CC(=O)O)C(=O)N[C@@H](C)C(=O)O. The fourth-order valence-electron chi connectivity index (χ4n) is 5.56. The molecule has 7 atom stereocenters. The van der Waals surface area contributed by atoms with Crippen LogP contribution in [0.1, 0.15) is 58.3 Å². The van der Waals surface area contributed by atoms with Gasteiger partial charge >= 0.3 is 11.9 Å². The molecule has 0 aromatic carbocycles. The summed E-state index contributed by atoms with van der Waals surface area (Å²) in [4.78, 5) is 127. The number of amides is 8. The Labute approximate surface area is 343 Å². The molecule has 1 heterocycles. The molecule has 0 aromatic heterocycles. The summed E-state index contributed by atoms with van der Waals surface area (Å²) in [6, 6.07) is -9.64. The number of carboxylic acids is 2. The number of nitrogens with one attached hydrogen (secondary N) is 8. The first-order chi connectivity index (χ1) is 27.7. The quantitative estimate of drug-likeness (QED) is 0.0207. The molecule has 1 rings (SSSR count). The van der Waals surface area contributed by atoms with Crippen LogP contribution in [0.2, 0.25) is 0 Å². The number of nitrogens with two attached hydrogens (primary N) is 3. The van der Waals surface area contributed by atoms with Gasteiger partial charge in [0.25, 0.3) is 0 Å². The first kappa shape index (κ1) is 51.3. The Morgan fingerprint density at radius 2 is 1.44 bits per heavy atom. The molecule has 0 spiro atoms. The van der Waals surface area contributed by atoms with Crippen LogP contribution in [0.25, 0.3) is 0 Å². The Balaban J connectivity index is 3.17. The van der Waals surface area contributed by atoms with Crippen molar-refractivity contribution in [3.05, 3.63) is 0 Å². The average molecular weight is 861 g/mol. The van der Waals surface area contributed by atoms with Gasteiger partial charge in [0.1, 0.15) is 36.3 Å². The summed E-state index contributed by atoms with van der Waals surface area (Å²) in [5.74, 6) is -9.65. The van der Waals surface area contributed by atoms with Gasteiger partial charge in [0, 0.05) is 19.5 Å². The Morgan fingerprint density at radius 1 is 0.814 bits per heavy atom. The predicted molar refractivity (Wildman–Crippen MR) is 209 cm³/mol. The van der Waals surface area contributed by atoms with E-state index < -0.39 is 127 Å². The maximum atomic E-state index is 13.9. The van der Waals surface area contributed by atoms with Crippen molar-refractivity contribution in [3.63, 3.8) is 0 Å². The van der Waals surface area contributed by atoms with Crippen molar-refractivity contribution in [2.75, 3.05) is 38.2 Å². The number of primary amides is 1. The molecule has 17 N–H and O–H groups in total. The number of hydrogen-bond acceptors (Lipinski definition) is 14. The first-order valence-corrected chi connectivity index (χ1v) is 19.9. The Hall–Kier alpha value is -5.76. The van der Waals surface area contributed by atoms with E-state index in [2.05, 4.69) is 37.2 Å². The fraction of sp³-hybridized carbons (Fsp3) is 0.667. The van der Waals surface area contributed by atoms with Crippen LogP contribution in [0.15, 0.2) is 0 Å². The molecule has 1 saturated heterocycles. The molecule has 0 radical (unpaired) electrons. The smallest absolute Gasteiger partial charge is 0.325 e. The maximum Gasteiger partial charge on any atom is 0.325 e. The molecule has 25 nitrogen and oxygen atoms in total. The van der Waals surface area contributed by atoms with E-state index in [-0.39, 0.29) is 51.2 Å². The average Bonchev–Trinajstić information content (AvgIpc) is 3.66. The van der Waals surface area contributed by atoms with E-state index in [1.807, 2.05) is 0 Å². The van der Waals surface area contributed by atoms with Gasteiger partial charge in [-0.2, -0.15) is 11.8 Å². The number of hydrogen-bond donors (Lipinski definition) is 14. The lowest BCUT2D eigenvalue weighted by Gasteiger charge is -2.30. The third-order valence-electron chi connectivity index (χ3n) is 8.71. The monoisotopic (exact) mass is 860 g/mol. The van der Waals surface area contributed by atoms with Gasteiger partial charge < -0.3 is 74.6 Å². The van der Waals surface area contributed by atoms with Gasteiger partial charge in [-0.1, -0.05) is 0 Å². The second-order valence-electron chi connectivity index (χ2n) is 13.4. The Morgan fingerprint density at radius 3 is 2.02 bits per heavy atom. The molecule has 0 unspecified atom stereocenters. The zero-order valence-corrected chi connectivity index (χ0v) is 33.6. The zero-order valence-electron chi connectivity index (χ0n) is 32.7. The van der Waals surface area contributed by atoms with Crippen LogP contribution < -0.4 is 54.4 Å². The molecular weight excluding hydrogens is 805 g/mol. The summed E-state index contributed by atoms with van der Waals surface area (Å²) in [6.45, 7) is -0.272. The van der Waals surface area contributed by atoms with Gasteiger partial charge in [-0.25, -0.2) is 0 Å². The highest BCUT2D eigenvalue weighted by molar-refractivity contribution is 7.98. The standard InChI is InChI=1S/C33H56N12O13S/c1-16(32(57)58)40-28(53)19(9-12-59-2)41-24(48)14-39-27(52)18(5-3-10-38-33(36)37)42-30(55)22-6-4-11-45(22)31(56)20(7-8-23(35)47)43-29(54)21(15-46)44-26(51)17(34)13-25(49)50/h16-22,46H,3-15,34H2,1-2H3,(H2,35,47)(H,39,52)(H,40,53)(H,41,48)(H,42,55)(H,43,54)(H,44,51)(H,49,50)(H,57,58)(H4,36,37,38)/t16-,17-,18-,19-,20-,21-,22-/m0/s1. The minimum atomic E-state index is -1.69. The van der Waals surface area contributed by atoms with Gasteiger partial charge in [0.05, 0.1) is 25.6 Å². The maximum absolute atomic E-state index is 13.9. The van der Waals surface area contributed by atoms with E-state index in [1.54, 1.807) is 6.26 Å². The van der Waals surface area contributed by atoms with Crippen LogP contribution in [-0.2, 0) is 47.9 Å². The summed E-state index contributed by atoms with van der Waals surface area (Å²) in [5, 5.41) is 51.8. The number of carbonyl (C=O) groups is 10. The Bertz CT molecular complexity index is 1550. The lowest BCUT2D eigenvalue weighted by atomic mass is 10.1. The van der Waals surface area contributed by atoms with Gasteiger partial charge in [-0.3, -0.25) is 53.4 Å². The van der Waals surface area contributed by atoms with Crippen molar-refractivity contribution in [3.8, 4) is 0 Å². The van der Waals surface area contributed by atoms with Crippen molar-refractivity contribution in [1.29, 1.82) is 5.41 Å². The van der Waals surface area contributed by atoms with Gasteiger partial charge in [-0.05, 0) is 57.5 Å². The lowest BCUT2D eigenvalue weighted by Crippen LogP contribution is -2.59. The van der Waals surface area contributed by atoms with Crippen LogP contribution >= 0.6 is 11.8 Å². The molecule has 26 heteroatoms. The minimum Gasteiger partial charge on any atom is -0.481 e. The van der Waals surface area contributed by atoms with Gasteiger partial charge in [-0.15, -0.1) is 0 Å².